The minimum Gasteiger partial charge on any atom is -0.483 e. The van der Waals surface area contributed by atoms with Crippen molar-refractivity contribution in [2.24, 2.45) is 0 Å². The summed E-state index contributed by atoms with van der Waals surface area (Å²) in [6, 6.07) is 14.4. The molecule has 0 aromatic heterocycles. The van der Waals surface area contributed by atoms with E-state index in [9.17, 15) is 9.59 Å². The van der Waals surface area contributed by atoms with E-state index in [2.05, 4.69) is 26.1 Å². The van der Waals surface area contributed by atoms with Crippen LogP contribution in [0.3, 0.4) is 0 Å². The van der Waals surface area contributed by atoms with Crippen molar-refractivity contribution in [3.8, 4) is 5.75 Å². The van der Waals surface area contributed by atoms with Gasteiger partial charge in [0.1, 0.15) is 11.8 Å². The summed E-state index contributed by atoms with van der Waals surface area (Å²) >= 11 is 6.32. The molecule has 5 nitrogen and oxygen atoms in total. The van der Waals surface area contributed by atoms with Gasteiger partial charge in [-0.15, -0.1) is 0 Å². The van der Waals surface area contributed by atoms with Crippen molar-refractivity contribution >= 4 is 23.4 Å². The fourth-order valence-electron chi connectivity index (χ4n) is 3.24. The van der Waals surface area contributed by atoms with Crippen molar-refractivity contribution in [3.05, 3.63) is 64.7 Å². The molecule has 0 aliphatic rings. The number of rotatable bonds is 11. The monoisotopic (exact) mass is 444 g/mol. The number of carbonyl (C=O) groups excluding carboxylic acids is 2. The minimum atomic E-state index is -0.649. The highest BCUT2D eigenvalue weighted by molar-refractivity contribution is 6.31. The van der Waals surface area contributed by atoms with Crippen LogP contribution in [-0.4, -0.2) is 35.9 Å². The Balaban J connectivity index is 2.17. The van der Waals surface area contributed by atoms with Crippen LogP contribution in [0, 0.1) is 0 Å². The van der Waals surface area contributed by atoms with Gasteiger partial charge in [-0.2, -0.15) is 0 Å². The lowest BCUT2D eigenvalue weighted by Gasteiger charge is -2.29. The molecule has 0 aliphatic carbocycles. The number of carbonyl (C=O) groups is 2. The molecule has 2 aromatic rings. The third-order valence-electron chi connectivity index (χ3n) is 5.19. The second-order valence-corrected chi connectivity index (χ2v) is 8.32. The first-order valence-corrected chi connectivity index (χ1v) is 11.2. The van der Waals surface area contributed by atoms with Crippen LogP contribution in [0.5, 0.6) is 5.75 Å². The Morgan fingerprint density at radius 3 is 2.42 bits per heavy atom. The Bertz CT molecular complexity index is 869. The van der Waals surface area contributed by atoms with Crippen LogP contribution in [0.4, 0.5) is 0 Å². The van der Waals surface area contributed by atoms with E-state index in [4.69, 9.17) is 16.3 Å². The van der Waals surface area contributed by atoms with Crippen molar-refractivity contribution in [1.29, 1.82) is 0 Å². The van der Waals surface area contributed by atoms with E-state index in [-0.39, 0.29) is 30.9 Å². The standard InChI is InChI=1S/C25H33ClN2O3/c1-5-6-15-27-25(30)19(4)28(16-20-11-7-9-13-22(20)26)24(29)17-31-23-14-10-8-12-21(23)18(2)3/h7-14,18-19H,5-6,15-17H2,1-4H3,(H,27,30)/t19-/m0/s1. The first kappa shape index (κ1) is 24.7. The Morgan fingerprint density at radius 1 is 1.06 bits per heavy atom. The highest BCUT2D eigenvalue weighted by Crippen LogP contribution is 2.26. The molecule has 0 heterocycles. The molecule has 2 aromatic carbocycles. The van der Waals surface area contributed by atoms with E-state index in [1.165, 1.54) is 4.90 Å². The Labute approximate surface area is 190 Å². The van der Waals surface area contributed by atoms with Crippen molar-refractivity contribution in [2.45, 2.75) is 59.0 Å². The van der Waals surface area contributed by atoms with Crippen molar-refractivity contribution in [3.63, 3.8) is 0 Å². The highest BCUT2D eigenvalue weighted by Gasteiger charge is 2.27. The molecule has 0 aliphatic heterocycles. The van der Waals surface area contributed by atoms with Crippen molar-refractivity contribution in [2.75, 3.05) is 13.2 Å². The Kier molecular flexibility index (Phi) is 9.86. The van der Waals surface area contributed by atoms with Gasteiger partial charge in [-0.1, -0.05) is 75.2 Å². The summed E-state index contributed by atoms with van der Waals surface area (Å²) in [5.74, 6) is 0.505. The van der Waals surface area contributed by atoms with Crippen LogP contribution in [-0.2, 0) is 16.1 Å². The van der Waals surface area contributed by atoms with E-state index >= 15 is 0 Å². The fraction of sp³-hybridized carbons (Fsp3) is 0.440. The predicted molar refractivity (Wildman–Crippen MR) is 125 cm³/mol. The number of nitrogens with zero attached hydrogens (tertiary/aromatic N) is 1. The number of amides is 2. The zero-order valence-electron chi connectivity index (χ0n) is 18.9. The maximum absolute atomic E-state index is 13.2. The number of ether oxygens (including phenoxy) is 1. The van der Waals surface area contributed by atoms with Gasteiger partial charge in [0.15, 0.2) is 6.61 Å². The topological polar surface area (TPSA) is 58.6 Å². The van der Waals surface area contributed by atoms with Crippen LogP contribution in [0.25, 0.3) is 0 Å². The number of unbranched alkanes of at least 4 members (excludes halogenated alkanes) is 1. The molecule has 2 rings (SSSR count). The predicted octanol–water partition coefficient (Wildman–Crippen LogP) is 5.18. The third kappa shape index (κ3) is 7.28. The van der Waals surface area contributed by atoms with E-state index in [0.29, 0.717) is 17.3 Å². The molecule has 0 radical (unpaired) electrons. The molecule has 0 spiro atoms. The number of hydrogen-bond acceptors (Lipinski definition) is 3. The van der Waals surface area contributed by atoms with Gasteiger partial charge < -0.3 is 15.0 Å². The summed E-state index contributed by atoms with van der Waals surface area (Å²) in [5.41, 5.74) is 1.83. The summed E-state index contributed by atoms with van der Waals surface area (Å²) in [7, 11) is 0. The molecule has 168 valence electrons. The summed E-state index contributed by atoms with van der Waals surface area (Å²) in [5, 5.41) is 3.47. The highest BCUT2D eigenvalue weighted by atomic mass is 35.5. The second-order valence-electron chi connectivity index (χ2n) is 7.91. The molecule has 2 amide bonds. The van der Waals surface area contributed by atoms with E-state index in [0.717, 1.165) is 24.0 Å². The van der Waals surface area contributed by atoms with E-state index in [1.807, 2.05) is 42.5 Å². The van der Waals surface area contributed by atoms with Crippen LogP contribution >= 0.6 is 11.6 Å². The molecule has 0 saturated heterocycles. The number of hydrogen-bond donors (Lipinski definition) is 1. The van der Waals surface area contributed by atoms with Gasteiger partial charge in [-0.05, 0) is 42.5 Å². The number of halogens is 1. The molecule has 0 fully saturated rings. The maximum atomic E-state index is 13.2. The minimum absolute atomic E-state index is 0.152. The summed E-state index contributed by atoms with van der Waals surface area (Å²) < 4.78 is 5.88. The Hall–Kier alpha value is -2.53. The SMILES string of the molecule is CCCCNC(=O)[C@H](C)N(Cc1ccccc1Cl)C(=O)COc1ccccc1C(C)C. The summed E-state index contributed by atoms with van der Waals surface area (Å²) in [6.07, 6.45) is 1.88. The lowest BCUT2D eigenvalue weighted by molar-refractivity contribution is -0.142. The second kappa shape index (κ2) is 12.4. The van der Waals surface area contributed by atoms with Gasteiger partial charge in [-0.25, -0.2) is 0 Å². The number of benzene rings is 2. The first-order valence-electron chi connectivity index (χ1n) is 10.9. The van der Waals surface area contributed by atoms with Crippen LogP contribution < -0.4 is 10.1 Å². The molecule has 0 unspecified atom stereocenters. The van der Waals surface area contributed by atoms with Gasteiger partial charge in [0.2, 0.25) is 5.91 Å². The van der Waals surface area contributed by atoms with Crippen molar-refractivity contribution < 1.29 is 14.3 Å². The zero-order chi connectivity index (χ0) is 22.8. The number of nitrogens with one attached hydrogen (secondary N) is 1. The third-order valence-corrected chi connectivity index (χ3v) is 5.56. The van der Waals surface area contributed by atoms with Crippen molar-refractivity contribution in [1.82, 2.24) is 10.2 Å². The lowest BCUT2D eigenvalue weighted by atomic mass is 10.0. The summed E-state index contributed by atoms with van der Waals surface area (Å²) in [6.45, 7) is 8.63. The number of para-hydroxylation sites is 1. The molecule has 0 bridgehead atoms. The molecule has 6 heteroatoms. The lowest BCUT2D eigenvalue weighted by Crippen LogP contribution is -2.49. The van der Waals surface area contributed by atoms with E-state index in [1.54, 1.807) is 13.0 Å². The quantitative estimate of drug-likeness (QED) is 0.486. The summed E-state index contributed by atoms with van der Waals surface area (Å²) in [4.78, 5) is 27.4. The van der Waals surface area contributed by atoms with Crippen LogP contribution in [0.15, 0.2) is 48.5 Å². The van der Waals surface area contributed by atoms with E-state index < -0.39 is 6.04 Å². The molecular formula is C25H33ClN2O3. The van der Waals surface area contributed by atoms with Gasteiger partial charge in [0.25, 0.3) is 5.91 Å². The zero-order valence-corrected chi connectivity index (χ0v) is 19.6. The van der Waals surface area contributed by atoms with Crippen LogP contribution in [0.2, 0.25) is 5.02 Å². The van der Waals surface area contributed by atoms with Gasteiger partial charge >= 0.3 is 0 Å². The average Bonchev–Trinajstić information content (AvgIpc) is 2.76. The molecule has 0 saturated carbocycles. The van der Waals surface area contributed by atoms with Gasteiger partial charge in [0, 0.05) is 18.1 Å². The average molecular weight is 445 g/mol. The molecule has 31 heavy (non-hydrogen) atoms. The fourth-order valence-corrected chi connectivity index (χ4v) is 3.44. The molecule has 1 atom stereocenters. The van der Waals surface area contributed by atoms with Gasteiger partial charge in [-0.3, -0.25) is 9.59 Å². The van der Waals surface area contributed by atoms with Gasteiger partial charge in [0.05, 0.1) is 0 Å². The smallest absolute Gasteiger partial charge is 0.261 e. The molecule has 1 N–H and O–H groups in total. The molecular weight excluding hydrogens is 412 g/mol. The Morgan fingerprint density at radius 2 is 1.74 bits per heavy atom. The normalized spacial score (nSPS) is 11.8. The maximum Gasteiger partial charge on any atom is 0.261 e. The largest absolute Gasteiger partial charge is 0.483 e. The first-order chi connectivity index (χ1) is 14.8. The van der Waals surface area contributed by atoms with Crippen LogP contribution in [0.1, 0.15) is 57.6 Å².